The number of fused-ring (bicyclic) bond motifs is 4. The summed E-state index contributed by atoms with van der Waals surface area (Å²) in [7, 11) is 4.88. The first kappa shape index (κ1) is 29.1. The van der Waals surface area contributed by atoms with E-state index in [2.05, 4.69) is 9.84 Å². The molecule has 216 valence electrons. The van der Waals surface area contributed by atoms with Crippen molar-refractivity contribution in [3.8, 4) is 34.3 Å². The van der Waals surface area contributed by atoms with Crippen molar-refractivity contribution in [3.63, 3.8) is 0 Å². The summed E-state index contributed by atoms with van der Waals surface area (Å²) < 4.78 is 32.7. The predicted molar refractivity (Wildman–Crippen MR) is 143 cm³/mol. The predicted octanol–water partition coefficient (Wildman–Crippen LogP) is 3.18. The number of ketones is 2. The fraction of sp³-hybridized carbons (Fsp3) is 0.345. The van der Waals surface area contributed by atoms with E-state index in [4.69, 9.17) is 23.7 Å². The normalized spacial score (nSPS) is 14.5. The minimum Gasteiger partial charge on any atom is -0.497 e. The van der Waals surface area contributed by atoms with Crippen LogP contribution in [0.15, 0.2) is 36.4 Å². The third-order valence-electron chi connectivity index (χ3n) is 6.40. The molecular weight excluding hydrogens is 536 g/mol. The number of aryl methyl sites for hydroxylation is 1. The van der Waals surface area contributed by atoms with Crippen molar-refractivity contribution in [2.75, 3.05) is 34.0 Å². The fourth-order valence-corrected chi connectivity index (χ4v) is 4.43. The maximum Gasteiger partial charge on any atom is 0.375 e. The first-order chi connectivity index (χ1) is 19.7. The molecule has 0 saturated carbocycles. The van der Waals surface area contributed by atoms with E-state index in [0.29, 0.717) is 30.4 Å². The lowest BCUT2D eigenvalue weighted by molar-refractivity contribution is -0.155. The minimum absolute atomic E-state index is 0.0801. The van der Waals surface area contributed by atoms with E-state index in [1.165, 1.54) is 13.2 Å². The molecule has 41 heavy (non-hydrogen) atoms. The SMILES string of the molecule is CCOC(=O)C(=O)C1COc2ccc(OC)cc2C1=O.CCOC(=O)c1nn(C)c2c1COc1ccc(OC)cc1-2. The molecule has 12 nitrogen and oxygen atoms in total. The first-order valence-electron chi connectivity index (χ1n) is 12.8. The second kappa shape index (κ2) is 12.5. The van der Waals surface area contributed by atoms with Crippen LogP contribution in [0.4, 0.5) is 0 Å². The molecule has 5 rings (SSSR count). The topological polar surface area (TPSA) is 141 Å². The van der Waals surface area contributed by atoms with E-state index in [0.717, 1.165) is 28.3 Å². The van der Waals surface area contributed by atoms with E-state index >= 15 is 0 Å². The number of methoxy groups -OCH3 is 2. The van der Waals surface area contributed by atoms with Crippen molar-refractivity contribution >= 4 is 23.5 Å². The monoisotopic (exact) mass is 566 g/mol. The molecular formula is C29H30N2O10. The van der Waals surface area contributed by atoms with Crippen LogP contribution in [0, 0.1) is 5.92 Å². The third-order valence-corrected chi connectivity index (χ3v) is 6.40. The average Bonchev–Trinajstić information content (AvgIpc) is 3.34. The quantitative estimate of drug-likeness (QED) is 0.236. The van der Waals surface area contributed by atoms with Gasteiger partial charge in [-0.3, -0.25) is 14.3 Å². The standard InChI is InChI=1S/C15H16N2O4.C14H14O6/c1-4-20-15(18)13-11-8-21-12-6-5-9(19-3)7-10(12)14(11)17(2)16-13;1-3-19-14(17)13(16)10-7-20-11-5-4-8(18-2)6-9(11)12(10)15/h5-7H,4,8H2,1-3H3;4-6,10H,3,7H2,1-2H3. The van der Waals surface area contributed by atoms with Gasteiger partial charge in [-0.1, -0.05) is 0 Å². The minimum atomic E-state index is -1.16. The summed E-state index contributed by atoms with van der Waals surface area (Å²) >= 11 is 0. The van der Waals surface area contributed by atoms with Crippen LogP contribution in [0.25, 0.3) is 11.3 Å². The van der Waals surface area contributed by atoms with Crippen LogP contribution in [-0.4, -0.2) is 67.3 Å². The van der Waals surface area contributed by atoms with E-state index in [1.807, 2.05) is 18.2 Å². The summed E-state index contributed by atoms with van der Waals surface area (Å²) in [5, 5.41) is 4.29. The van der Waals surface area contributed by atoms with Crippen molar-refractivity contribution in [3.05, 3.63) is 53.2 Å². The van der Waals surface area contributed by atoms with Crippen LogP contribution in [0.5, 0.6) is 23.0 Å². The van der Waals surface area contributed by atoms with E-state index in [9.17, 15) is 19.2 Å². The van der Waals surface area contributed by atoms with Crippen molar-refractivity contribution in [2.24, 2.45) is 13.0 Å². The van der Waals surface area contributed by atoms with Gasteiger partial charge in [0.15, 0.2) is 11.5 Å². The van der Waals surface area contributed by atoms with Gasteiger partial charge in [-0.25, -0.2) is 9.59 Å². The van der Waals surface area contributed by atoms with Gasteiger partial charge < -0.3 is 28.4 Å². The summed E-state index contributed by atoms with van der Waals surface area (Å²) in [6, 6.07) is 10.3. The molecule has 2 aliphatic heterocycles. The first-order valence-corrected chi connectivity index (χ1v) is 12.8. The molecule has 0 N–H and O–H groups in total. The summed E-state index contributed by atoms with van der Waals surface area (Å²) in [4.78, 5) is 47.5. The Labute approximate surface area is 236 Å². The number of Topliss-reactive ketones (excluding diaryl/α,β-unsaturated/α-hetero) is 2. The summed E-state index contributed by atoms with van der Waals surface area (Å²) in [6.45, 7) is 3.90. The Hall–Kier alpha value is -4.87. The van der Waals surface area contributed by atoms with Gasteiger partial charge in [0.25, 0.3) is 5.78 Å². The van der Waals surface area contributed by atoms with Crippen LogP contribution in [0.1, 0.15) is 40.3 Å². The molecule has 2 aliphatic rings. The van der Waals surface area contributed by atoms with Gasteiger partial charge in [0.05, 0.1) is 44.3 Å². The summed E-state index contributed by atoms with van der Waals surface area (Å²) in [6.07, 6.45) is 0. The number of carbonyl (C=O) groups is 4. The van der Waals surface area contributed by atoms with Gasteiger partial charge >= 0.3 is 11.9 Å². The molecule has 2 aromatic carbocycles. The largest absolute Gasteiger partial charge is 0.497 e. The Bertz CT molecular complexity index is 1490. The molecule has 1 aromatic heterocycles. The molecule has 0 spiro atoms. The second-order valence-corrected chi connectivity index (χ2v) is 8.85. The van der Waals surface area contributed by atoms with Gasteiger partial charge in [-0.05, 0) is 50.2 Å². The maximum atomic E-state index is 12.3. The summed E-state index contributed by atoms with van der Waals surface area (Å²) in [5.41, 5.74) is 3.01. The molecule has 0 amide bonds. The number of carbonyl (C=O) groups excluding carboxylic acids is 4. The highest BCUT2D eigenvalue weighted by Crippen LogP contribution is 2.40. The zero-order valence-corrected chi connectivity index (χ0v) is 23.3. The van der Waals surface area contributed by atoms with Crippen LogP contribution in [-0.2, 0) is 32.7 Å². The van der Waals surface area contributed by atoms with Gasteiger partial charge in [0.1, 0.15) is 42.1 Å². The van der Waals surface area contributed by atoms with Gasteiger partial charge in [-0.2, -0.15) is 5.10 Å². The molecule has 0 fully saturated rings. The Morgan fingerprint density at radius 1 is 0.927 bits per heavy atom. The maximum absolute atomic E-state index is 12.3. The number of rotatable bonds is 7. The fourth-order valence-electron chi connectivity index (χ4n) is 4.43. The Balaban J connectivity index is 0.000000189. The number of aromatic nitrogens is 2. The van der Waals surface area contributed by atoms with Gasteiger partial charge in [-0.15, -0.1) is 0 Å². The zero-order chi connectivity index (χ0) is 29.7. The Morgan fingerprint density at radius 3 is 2.15 bits per heavy atom. The van der Waals surface area contributed by atoms with Crippen LogP contribution in [0.2, 0.25) is 0 Å². The van der Waals surface area contributed by atoms with Crippen molar-refractivity contribution < 1.29 is 47.6 Å². The van der Waals surface area contributed by atoms with Gasteiger partial charge in [0.2, 0.25) is 0 Å². The molecule has 12 heteroatoms. The lowest BCUT2D eigenvalue weighted by atomic mass is 9.91. The van der Waals surface area contributed by atoms with Crippen molar-refractivity contribution in [1.82, 2.24) is 9.78 Å². The number of hydrogen-bond donors (Lipinski definition) is 0. The molecule has 0 radical (unpaired) electrons. The van der Waals surface area contributed by atoms with E-state index in [-0.39, 0.29) is 18.8 Å². The molecule has 0 bridgehead atoms. The number of hydrogen-bond acceptors (Lipinski definition) is 11. The highest BCUT2D eigenvalue weighted by Gasteiger charge is 2.38. The lowest BCUT2D eigenvalue weighted by Gasteiger charge is -2.22. The molecule has 1 atom stereocenters. The molecule has 0 saturated heterocycles. The second-order valence-electron chi connectivity index (χ2n) is 8.85. The Kier molecular flexibility index (Phi) is 8.91. The van der Waals surface area contributed by atoms with Crippen LogP contribution < -0.4 is 18.9 Å². The van der Waals surface area contributed by atoms with Crippen molar-refractivity contribution in [1.29, 1.82) is 0 Å². The zero-order valence-electron chi connectivity index (χ0n) is 23.3. The number of nitrogens with zero attached hydrogens (tertiary/aromatic N) is 2. The molecule has 3 aromatic rings. The number of benzene rings is 2. The molecule has 1 unspecified atom stereocenters. The Morgan fingerprint density at radius 2 is 1.54 bits per heavy atom. The lowest BCUT2D eigenvalue weighted by Crippen LogP contribution is -2.38. The third kappa shape index (κ3) is 5.86. The molecule has 3 heterocycles. The van der Waals surface area contributed by atoms with E-state index < -0.39 is 29.4 Å². The van der Waals surface area contributed by atoms with Crippen molar-refractivity contribution in [2.45, 2.75) is 20.5 Å². The number of esters is 2. The van der Waals surface area contributed by atoms with Crippen LogP contribution >= 0.6 is 0 Å². The average molecular weight is 567 g/mol. The van der Waals surface area contributed by atoms with Crippen LogP contribution in [0.3, 0.4) is 0 Å². The van der Waals surface area contributed by atoms with Gasteiger partial charge in [0, 0.05) is 12.6 Å². The highest BCUT2D eigenvalue weighted by atomic mass is 16.5. The smallest absolute Gasteiger partial charge is 0.375 e. The molecule has 0 aliphatic carbocycles. The highest BCUT2D eigenvalue weighted by molar-refractivity contribution is 6.39. The van der Waals surface area contributed by atoms with E-state index in [1.54, 1.807) is 44.8 Å². The number of ether oxygens (including phenoxy) is 6. The summed E-state index contributed by atoms with van der Waals surface area (Å²) in [5.74, 6) is -1.60.